The number of hydrogen-bond donors (Lipinski definition) is 0. The number of aromatic nitrogens is 1. The van der Waals surface area contributed by atoms with Gasteiger partial charge >= 0.3 is 0 Å². The van der Waals surface area contributed by atoms with Crippen molar-refractivity contribution in [3.63, 3.8) is 0 Å². The van der Waals surface area contributed by atoms with E-state index in [0.29, 0.717) is 23.4 Å². The SMILES string of the molecule is Clc1ccc(OCCOc2nc3ccccc3s2)cc1. The van der Waals surface area contributed by atoms with Crippen molar-refractivity contribution in [1.82, 2.24) is 4.98 Å². The molecule has 3 nitrogen and oxygen atoms in total. The zero-order valence-corrected chi connectivity index (χ0v) is 12.2. The molecule has 3 aromatic rings. The summed E-state index contributed by atoms with van der Waals surface area (Å²) >= 11 is 7.34. The summed E-state index contributed by atoms with van der Waals surface area (Å²) in [6.07, 6.45) is 0. The second-order valence-electron chi connectivity index (χ2n) is 4.10. The van der Waals surface area contributed by atoms with Gasteiger partial charge in [0.2, 0.25) is 0 Å². The lowest BCUT2D eigenvalue weighted by atomic mass is 10.3. The van der Waals surface area contributed by atoms with Gasteiger partial charge in [0.1, 0.15) is 19.0 Å². The molecule has 5 heteroatoms. The van der Waals surface area contributed by atoms with Crippen molar-refractivity contribution in [3.8, 4) is 10.9 Å². The number of benzene rings is 2. The second kappa shape index (κ2) is 6.11. The van der Waals surface area contributed by atoms with Crippen LogP contribution in [0.4, 0.5) is 0 Å². The summed E-state index contributed by atoms with van der Waals surface area (Å²) in [5.74, 6) is 0.780. The summed E-state index contributed by atoms with van der Waals surface area (Å²) in [7, 11) is 0. The summed E-state index contributed by atoms with van der Waals surface area (Å²) in [6, 6.07) is 15.2. The molecule has 0 saturated carbocycles. The van der Waals surface area contributed by atoms with Gasteiger partial charge in [-0.05, 0) is 36.4 Å². The Morgan fingerprint density at radius 3 is 2.50 bits per heavy atom. The Labute approximate surface area is 125 Å². The summed E-state index contributed by atoms with van der Waals surface area (Å²) in [6.45, 7) is 0.931. The molecule has 0 amide bonds. The topological polar surface area (TPSA) is 31.4 Å². The molecule has 0 spiro atoms. The first-order valence-electron chi connectivity index (χ1n) is 6.18. The predicted octanol–water partition coefficient (Wildman–Crippen LogP) is 4.41. The fraction of sp³-hybridized carbons (Fsp3) is 0.133. The molecule has 0 fully saturated rings. The minimum absolute atomic E-state index is 0.461. The highest BCUT2D eigenvalue weighted by atomic mass is 35.5. The molecule has 2 aromatic carbocycles. The van der Waals surface area contributed by atoms with Crippen LogP contribution in [0.2, 0.25) is 5.02 Å². The molecule has 0 bridgehead atoms. The Morgan fingerprint density at radius 1 is 0.950 bits per heavy atom. The fourth-order valence-electron chi connectivity index (χ4n) is 1.73. The summed E-state index contributed by atoms with van der Waals surface area (Å²) in [5, 5.41) is 1.37. The van der Waals surface area contributed by atoms with Gasteiger partial charge in [-0.1, -0.05) is 35.1 Å². The average Bonchev–Trinajstić information content (AvgIpc) is 2.88. The van der Waals surface area contributed by atoms with Crippen molar-refractivity contribution in [2.24, 2.45) is 0 Å². The summed E-state index contributed by atoms with van der Waals surface area (Å²) in [5.41, 5.74) is 0.964. The van der Waals surface area contributed by atoms with Crippen LogP contribution < -0.4 is 9.47 Å². The van der Waals surface area contributed by atoms with Crippen molar-refractivity contribution in [1.29, 1.82) is 0 Å². The quantitative estimate of drug-likeness (QED) is 0.654. The molecule has 0 aliphatic carbocycles. The zero-order chi connectivity index (χ0) is 13.8. The van der Waals surface area contributed by atoms with Gasteiger partial charge in [0, 0.05) is 5.02 Å². The van der Waals surface area contributed by atoms with Crippen LogP contribution in [0, 0.1) is 0 Å². The average molecular weight is 306 g/mol. The molecule has 1 aromatic heterocycles. The Hall–Kier alpha value is -1.78. The second-order valence-corrected chi connectivity index (χ2v) is 5.53. The van der Waals surface area contributed by atoms with E-state index in [1.807, 2.05) is 36.4 Å². The van der Waals surface area contributed by atoms with Crippen LogP contribution >= 0.6 is 22.9 Å². The smallest absolute Gasteiger partial charge is 0.274 e. The maximum atomic E-state index is 5.80. The van der Waals surface area contributed by atoms with Crippen LogP contribution in [0.3, 0.4) is 0 Å². The van der Waals surface area contributed by atoms with Crippen LogP contribution in [0.5, 0.6) is 10.9 Å². The molecule has 0 N–H and O–H groups in total. The lowest BCUT2D eigenvalue weighted by Crippen LogP contribution is -2.08. The van der Waals surface area contributed by atoms with E-state index >= 15 is 0 Å². The molecular weight excluding hydrogens is 294 g/mol. The van der Waals surface area contributed by atoms with Crippen LogP contribution in [0.15, 0.2) is 48.5 Å². The van der Waals surface area contributed by atoms with Gasteiger partial charge in [-0.3, -0.25) is 0 Å². The van der Waals surface area contributed by atoms with Gasteiger partial charge in [-0.25, -0.2) is 4.98 Å². The van der Waals surface area contributed by atoms with Crippen LogP contribution in [0.25, 0.3) is 10.2 Å². The molecule has 3 rings (SSSR count). The van der Waals surface area contributed by atoms with Crippen molar-refractivity contribution in [3.05, 3.63) is 53.6 Å². The van der Waals surface area contributed by atoms with E-state index in [1.165, 1.54) is 11.3 Å². The minimum atomic E-state index is 0.461. The molecule has 20 heavy (non-hydrogen) atoms. The highest BCUT2D eigenvalue weighted by molar-refractivity contribution is 7.20. The number of fused-ring (bicyclic) bond motifs is 1. The number of ether oxygens (including phenoxy) is 2. The molecule has 0 aliphatic heterocycles. The van der Waals surface area contributed by atoms with E-state index in [1.54, 1.807) is 12.1 Å². The van der Waals surface area contributed by atoms with Crippen molar-refractivity contribution < 1.29 is 9.47 Å². The van der Waals surface area contributed by atoms with Crippen molar-refractivity contribution in [2.45, 2.75) is 0 Å². The first-order valence-corrected chi connectivity index (χ1v) is 7.37. The lowest BCUT2D eigenvalue weighted by molar-refractivity contribution is 0.217. The maximum absolute atomic E-state index is 5.80. The number of hydrogen-bond acceptors (Lipinski definition) is 4. The monoisotopic (exact) mass is 305 g/mol. The van der Waals surface area contributed by atoms with Crippen molar-refractivity contribution >= 4 is 33.2 Å². The van der Waals surface area contributed by atoms with Gasteiger partial charge in [0.25, 0.3) is 5.19 Å². The molecular formula is C15H12ClNO2S. The Balaban J connectivity index is 1.51. The van der Waals surface area contributed by atoms with Crippen molar-refractivity contribution in [2.75, 3.05) is 13.2 Å². The third kappa shape index (κ3) is 3.21. The van der Waals surface area contributed by atoms with E-state index in [0.717, 1.165) is 16.0 Å². The number of thiazole rings is 1. The molecule has 1 heterocycles. The van der Waals surface area contributed by atoms with Crippen LogP contribution in [-0.4, -0.2) is 18.2 Å². The van der Waals surface area contributed by atoms with E-state index in [4.69, 9.17) is 21.1 Å². The highest BCUT2D eigenvalue weighted by Gasteiger charge is 2.03. The van der Waals surface area contributed by atoms with E-state index in [-0.39, 0.29) is 0 Å². The van der Waals surface area contributed by atoms with Gasteiger partial charge in [0.05, 0.1) is 10.2 Å². The summed E-state index contributed by atoms with van der Waals surface area (Å²) in [4.78, 5) is 4.39. The maximum Gasteiger partial charge on any atom is 0.274 e. The minimum Gasteiger partial charge on any atom is -0.490 e. The van der Waals surface area contributed by atoms with Gasteiger partial charge in [-0.2, -0.15) is 0 Å². The number of nitrogens with zero attached hydrogens (tertiary/aromatic N) is 1. The van der Waals surface area contributed by atoms with E-state index < -0.39 is 0 Å². The Morgan fingerprint density at radius 2 is 1.70 bits per heavy atom. The van der Waals surface area contributed by atoms with E-state index in [9.17, 15) is 0 Å². The standard InChI is InChI=1S/C15H12ClNO2S/c16-11-5-7-12(8-6-11)18-9-10-19-15-17-13-3-1-2-4-14(13)20-15/h1-8H,9-10H2. The highest BCUT2D eigenvalue weighted by Crippen LogP contribution is 2.27. The molecule has 0 saturated heterocycles. The van der Waals surface area contributed by atoms with Gasteiger partial charge < -0.3 is 9.47 Å². The summed E-state index contributed by atoms with van der Waals surface area (Å²) < 4.78 is 12.3. The first-order chi connectivity index (χ1) is 9.81. The molecule has 0 unspecified atom stereocenters. The number of para-hydroxylation sites is 1. The van der Waals surface area contributed by atoms with Crippen LogP contribution in [-0.2, 0) is 0 Å². The number of rotatable bonds is 5. The first kappa shape index (κ1) is 13.2. The third-order valence-corrected chi connectivity index (χ3v) is 3.87. The third-order valence-electron chi connectivity index (χ3n) is 2.67. The van der Waals surface area contributed by atoms with Crippen LogP contribution in [0.1, 0.15) is 0 Å². The molecule has 0 radical (unpaired) electrons. The molecule has 102 valence electrons. The van der Waals surface area contributed by atoms with E-state index in [2.05, 4.69) is 4.98 Å². The Kier molecular flexibility index (Phi) is 4.04. The largest absolute Gasteiger partial charge is 0.490 e. The lowest BCUT2D eigenvalue weighted by Gasteiger charge is -2.06. The predicted molar refractivity (Wildman–Crippen MR) is 82.1 cm³/mol. The normalized spacial score (nSPS) is 10.7. The fourth-order valence-corrected chi connectivity index (χ4v) is 2.70. The molecule has 0 aliphatic rings. The van der Waals surface area contributed by atoms with Gasteiger partial charge in [0.15, 0.2) is 0 Å². The van der Waals surface area contributed by atoms with Gasteiger partial charge in [-0.15, -0.1) is 0 Å². The zero-order valence-electron chi connectivity index (χ0n) is 10.6. The Bertz CT molecular complexity index is 663. The number of halogens is 1. The molecule has 0 atom stereocenters.